The summed E-state index contributed by atoms with van der Waals surface area (Å²) in [5.41, 5.74) is -0.393. The molecular weight excluding hydrogens is 204 g/mol. The zero-order valence-electron chi connectivity index (χ0n) is 10.5. The first-order chi connectivity index (χ1) is 7.44. The summed E-state index contributed by atoms with van der Waals surface area (Å²) in [6, 6.07) is 1.08. The van der Waals surface area contributed by atoms with E-state index in [9.17, 15) is 4.79 Å². The van der Waals surface area contributed by atoms with Gasteiger partial charge in [-0.2, -0.15) is 0 Å². The van der Waals surface area contributed by atoms with Crippen molar-refractivity contribution in [2.45, 2.75) is 57.7 Å². The molecule has 0 spiro atoms. The molecule has 1 N–H and O–H groups in total. The first kappa shape index (κ1) is 11.7. The maximum Gasteiger partial charge on any atom is 0.410 e. The normalized spacial score (nSPS) is 30.1. The van der Waals surface area contributed by atoms with Gasteiger partial charge in [0.2, 0.25) is 0 Å². The molecule has 0 aliphatic carbocycles. The van der Waals surface area contributed by atoms with E-state index >= 15 is 0 Å². The Morgan fingerprint density at radius 1 is 1.25 bits per heavy atom. The van der Waals surface area contributed by atoms with Crippen LogP contribution in [0.3, 0.4) is 0 Å². The molecule has 2 aliphatic heterocycles. The van der Waals surface area contributed by atoms with Crippen molar-refractivity contribution in [1.82, 2.24) is 10.2 Å². The number of rotatable bonds is 0. The van der Waals surface area contributed by atoms with Crippen LogP contribution in [0.5, 0.6) is 0 Å². The van der Waals surface area contributed by atoms with E-state index in [4.69, 9.17) is 4.74 Å². The zero-order valence-corrected chi connectivity index (χ0v) is 10.5. The SMILES string of the molecule is CC(C)(C)OC(=O)N1CC[C@@H]2CC[C@@H](C1)N2. The maximum atomic E-state index is 11.9. The molecule has 4 heteroatoms. The molecule has 0 unspecified atom stereocenters. The number of nitrogens with one attached hydrogen (secondary N) is 1. The monoisotopic (exact) mass is 226 g/mol. The van der Waals surface area contributed by atoms with Gasteiger partial charge in [0, 0.05) is 25.2 Å². The first-order valence-corrected chi connectivity index (χ1v) is 6.18. The summed E-state index contributed by atoms with van der Waals surface area (Å²) in [6.45, 7) is 7.35. The van der Waals surface area contributed by atoms with Crippen LogP contribution in [0.15, 0.2) is 0 Å². The van der Waals surface area contributed by atoms with Gasteiger partial charge in [0.15, 0.2) is 0 Å². The van der Waals surface area contributed by atoms with Crippen LogP contribution in [0.25, 0.3) is 0 Å². The van der Waals surface area contributed by atoms with Crippen molar-refractivity contribution < 1.29 is 9.53 Å². The van der Waals surface area contributed by atoms with Crippen molar-refractivity contribution in [2.24, 2.45) is 0 Å². The Balaban J connectivity index is 1.92. The molecule has 2 heterocycles. The standard InChI is InChI=1S/C12H22N2O2/c1-12(2,3)16-11(15)14-7-6-9-4-5-10(8-14)13-9/h9-10,13H,4-8H2,1-3H3/t9-,10-/m0/s1. The van der Waals surface area contributed by atoms with E-state index in [0.717, 1.165) is 19.5 Å². The van der Waals surface area contributed by atoms with Crippen LogP contribution in [0, 0.1) is 0 Å². The molecule has 0 radical (unpaired) electrons. The van der Waals surface area contributed by atoms with Crippen LogP contribution in [0.4, 0.5) is 4.79 Å². The molecule has 0 saturated carbocycles. The number of carbonyl (C=O) groups excluding carboxylic acids is 1. The van der Waals surface area contributed by atoms with Crippen LogP contribution in [0.1, 0.15) is 40.0 Å². The topological polar surface area (TPSA) is 41.6 Å². The molecule has 0 aromatic rings. The molecule has 0 aromatic carbocycles. The molecule has 2 aliphatic rings. The maximum absolute atomic E-state index is 11.9. The summed E-state index contributed by atoms with van der Waals surface area (Å²) in [5.74, 6) is 0. The van der Waals surface area contributed by atoms with Crippen LogP contribution in [0.2, 0.25) is 0 Å². The number of carbonyl (C=O) groups is 1. The Labute approximate surface area is 97.3 Å². The highest BCUT2D eigenvalue weighted by atomic mass is 16.6. The molecule has 2 saturated heterocycles. The number of fused-ring (bicyclic) bond motifs is 2. The highest BCUT2D eigenvalue weighted by Gasteiger charge is 2.32. The molecular formula is C12H22N2O2. The van der Waals surface area contributed by atoms with Crippen LogP contribution in [-0.4, -0.2) is 41.8 Å². The highest BCUT2D eigenvalue weighted by Crippen LogP contribution is 2.21. The quantitative estimate of drug-likeness (QED) is 0.684. The number of ether oxygens (including phenoxy) is 1. The molecule has 4 nitrogen and oxygen atoms in total. The number of amides is 1. The van der Waals surface area contributed by atoms with Gasteiger partial charge in [-0.15, -0.1) is 0 Å². The summed E-state index contributed by atoms with van der Waals surface area (Å²) in [5, 5.41) is 3.55. The summed E-state index contributed by atoms with van der Waals surface area (Å²) >= 11 is 0. The van der Waals surface area contributed by atoms with E-state index < -0.39 is 5.60 Å². The van der Waals surface area contributed by atoms with Gasteiger partial charge in [-0.3, -0.25) is 0 Å². The Bertz CT molecular complexity index is 273. The third-order valence-electron chi connectivity index (χ3n) is 3.17. The van der Waals surface area contributed by atoms with E-state index in [1.165, 1.54) is 12.8 Å². The molecule has 2 atom stereocenters. The van der Waals surface area contributed by atoms with Crippen molar-refractivity contribution in [1.29, 1.82) is 0 Å². The fourth-order valence-corrected chi connectivity index (χ4v) is 2.44. The van der Waals surface area contributed by atoms with Gasteiger partial charge in [-0.1, -0.05) is 0 Å². The second kappa shape index (κ2) is 4.24. The van der Waals surface area contributed by atoms with Gasteiger partial charge in [0.05, 0.1) is 0 Å². The Morgan fingerprint density at radius 2 is 1.94 bits per heavy atom. The average Bonchev–Trinajstić information content (AvgIpc) is 2.42. The molecule has 2 fully saturated rings. The molecule has 16 heavy (non-hydrogen) atoms. The van der Waals surface area contributed by atoms with E-state index in [1.54, 1.807) is 0 Å². The second-order valence-electron chi connectivity index (χ2n) is 5.85. The van der Waals surface area contributed by atoms with E-state index in [0.29, 0.717) is 12.1 Å². The predicted octanol–water partition coefficient (Wildman–Crippen LogP) is 1.75. The minimum Gasteiger partial charge on any atom is -0.444 e. The highest BCUT2D eigenvalue weighted by molar-refractivity contribution is 5.68. The van der Waals surface area contributed by atoms with Crippen LogP contribution < -0.4 is 5.32 Å². The number of nitrogens with zero attached hydrogens (tertiary/aromatic N) is 1. The number of likely N-dealkylation sites (tertiary alicyclic amines) is 1. The van der Waals surface area contributed by atoms with Crippen molar-refractivity contribution in [3.05, 3.63) is 0 Å². The van der Waals surface area contributed by atoms with Gasteiger partial charge in [-0.25, -0.2) is 4.79 Å². The van der Waals surface area contributed by atoms with E-state index in [-0.39, 0.29) is 6.09 Å². The van der Waals surface area contributed by atoms with E-state index in [1.807, 2.05) is 25.7 Å². The van der Waals surface area contributed by atoms with Crippen molar-refractivity contribution in [2.75, 3.05) is 13.1 Å². The number of hydrogen-bond donors (Lipinski definition) is 1. The first-order valence-electron chi connectivity index (χ1n) is 6.18. The van der Waals surface area contributed by atoms with Crippen molar-refractivity contribution >= 4 is 6.09 Å². The lowest BCUT2D eigenvalue weighted by molar-refractivity contribution is 0.0242. The Kier molecular flexibility index (Phi) is 3.10. The third-order valence-corrected chi connectivity index (χ3v) is 3.17. The average molecular weight is 226 g/mol. The van der Waals surface area contributed by atoms with Gasteiger partial charge in [-0.05, 0) is 40.0 Å². The number of hydrogen-bond acceptors (Lipinski definition) is 3. The second-order valence-corrected chi connectivity index (χ2v) is 5.85. The van der Waals surface area contributed by atoms with Crippen LogP contribution >= 0.6 is 0 Å². The predicted molar refractivity (Wildman–Crippen MR) is 62.4 cm³/mol. The summed E-state index contributed by atoms with van der Waals surface area (Å²) < 4.78 is 5.40. The zero-order chi connectivity index (χ0) is 11.8. The van der Waals surface area contributed by atoms with Crippen LogP contribution in [-0.2, 0) is 4.74 Å². The molecule has 1 amide bonds. The third kappa shape index (κ3) is 2.88. The lowest BCUT2D eigenvalue weighted by atomic mass is 10.1. The van der Waals surface area contributed by atoms with Gasteiger partial charge in [0.1, 0.15) is 5.60 Å². The minimum absolute atomic E-state index is 0.165. The minimum atomic E-state index is -0.393. The molecule has 2 rings (SSSR count). The fourth-order valence-electron chi connectivity index (χ4n) is 2.44. The molecule has 92 valence electrons. The molecule has 0 aromatic heterocycles. The lowest BCUT2D eigenvalue weighted by Gasteiger charge is -2.28. The molecule has 2 bridgehead atoms. The van der Waals surface area contributed by atoms with Crippen molar-refractivity contribution in [3.8, 4) is 0 Å². The Hall–Kier alpha value is -0.770. The summed E-state index contributed by atoms with van der Waals surface area (Å²) in [4.78, 5) is 13.8. The smallest absolute Gasteiger partial charge is 0.410 e. The summed E-state index contributed by atoms with van der Waals surface area (Å²) in [6.07, 6.45) is 3.33. The van der Waals surface area contributed by atoms with Gasteiger partial charge < -0.3 is 15.0 Å². The largest absolute Gasteiger partial charge is 0.444 e. The van der Waals surface area contributed by atoms with E-state index in [2.05, 4.69) is 5.32 Å². The van der Waals surface area contributed by atoms with Gasteiger partial charge >= 0.3 is 6.09 Å². The fraction of sp³-hybridized carbons (Fsp3) is 0.917. The Morgan fingerprint density at radius 3 is 2.62 bits per heavy atom. The van der Waals surface area contributed by atoms with Gasteiger partial charge in [0.25, 0.3) is 0 Å². The lowest BCUT2D eigenvalue weighted by Crippen LogP contribution is -2.41. The van der Waals surface area contributed by atoms with Crippen molar-refractivity contribution in [3.63, 3.8) is 0 Å². The summed E-state index contributed by atoms with van der Waals surface area (Å²) in [7, 11) is 0.